The largest absolute Gasteiger partial charge is 0.342 e. The summed E-state index contributed by atoms with van der Waals surface area (Å²) >= 11 is 0. The Kier molecular flexibility index (Phi) is 5.34. The Labute approximate surface area is 154 Å². The Hall–Kier alpha value is -1.93. The van der Waals surface area contributed by atoms with E-state index < -0.39 is 22.2 Å². The second-order valence-corrected chi connectivity index (χ2v) is 8.96. The molecule has 1 atom stereocenters. The Bertz CT molecular complexity index is 773. The minimum Gasteiger partial charge on any atom is -0.342 e. The van der Waals surface area contributed by atoms with Gasteiger partial charge in [0.15, 0.2) is 0 Å². The van der Waals surface area contributed by atoms with Gasteiger partial charge in [-0.3, -0.25) is 9.59 Å². The SMILES string of the molecule is C[C@@H]1C(=O)N(C)S(=O)(=O)N1CC(=O)N1CCC(Cc2ccccc2)CC1. The topological polar surface area (TPSA) is 78.0 Å². The van der Waals surface area contributed by atoms with E-state index in [4.69, 9.17) is 0 Å². The summed E-state index contributed by atoms with van der Waals surface area (Å²) in [5.74, 6) is -0.204. The van der Waals surface area contributed by atoms with E-state index >= 15 is 0 Å². The van der Waals surface area contributed by atoms with Crippen molar-refractivity contribution in [3.63, 3.8) is 0 Å². The highest BCUT2D eigenvalue weighted by atomic mass is 32.2. The third kappa shape index (κ3) is 3.61. The summed E-state index contributed by atoms with van der Waals surface area (Å²) in [4.78, 5) is 26.2. The van der Waals surface area contributed by atoms with Gasteiger partial charge in [0, 0.05) is 20.1 Å². The first-order valence-electron chi connectivity index (χ1n) is 8.92. The lowest BCUT2D eigenvalue weighted by atomic mass is 9.90. The summed E-state index contributed by atoms with van der Waals surface area (Å²) in [7, 11) is -2.65. The lowest BCUT2D eigenvalue weighted by molar-refractivity contribution is -0.133. The predicted octanol–water partition coefficient (Wildman–Crippen LogP) is 0.875. The second-order valence-electron chi connectivity index (χ2n) is 7.05. The molecule has 0 bridgehead atoms. The van der Waals surface area contributed by atoms with Crippen molar-refractivity contribution in [3.8, 4) is 0 Å². The molecule has 2 amide bonds. The number of carbonyl (C=O) groups is 2. The number of likely N-dealkylation sites (N-methyl/N-ethyl adjacent to an activating group) is 1. The molecule has 1 aromatic carbocycles. The van der Waals surface area contributed by atoms with Gasteiger partial charge in [-0.05, 0) is 37.7 Å². The molecule has 0 unspecified atom stereocenters. The summed E-state index contributed by atoms with van der Waals surface area (Å²) in [6.07, 6.45) is 2.81. The van der Waals surface area contributed by atoms with Crippen LogP contribution in [0.3, 0.4) is 0 Å². The number of rotatable bonds is 4. The molecular formula is C18H25N3O4S. The van der Waals surface area contributed by atoms with Gasteiger partial charge in [0.25, 0.3) is 5.91 Å². The molecule has 2 aliphatic rings. The van der Waals surface area contributed by atoms with E-state index in [1.165, 1.54) is 19.5 Å². The van der Waals surface area contributed by atoms with Crippen molar-refractivity contribution in [1.29, 1.82) is 0 Å². The van der Waals surface area contributed by atoms with Crippen LogP contribution in [0.4, 0.5) is 0 Å². The van der Waals surface area contributed by atoms with Crippen LogP contribution in [0.1, 0.15) is 25.3 Å². The van der Waals surface area contributed by atoms with Crippen LogP contribution >= 0.6 is 0 Å². The van der Waals surface area contributed by atoms with Crippen molar-refractivity contribution in [1.82, 2.24) is 13.5 Å². The fourth-order valence-electron chi connectivity index (χ4n) is 3.64. The molecule has 3 rings (SSSR count). The fourth-order valence-corrected chi connectivity index (χ4v) is 5.10. The molecule has 0 aromatic heterocycles. The van der Waals surface area contributed by atoms with Crippen molar-refractivity contribution < 1.29 is 18.0 Å². The minimum atomic E-state index is -3.88. The number of likely N-dealkylation sites (tertiary alicyclic amines) is 1. The number of hydrogen-bond donors (Lipinski definition) is 0. The van der Waals surface area contributed by atoms with Gasteiger partial charge >= 0.3 is 10.2 Å². The highest BCUT2D eigenvalue weighted by Crippen LogP contribution is 2.24. The number of piperidine rings is 1. The van der Waals surface area contributed by atoms with Crippen LogP contribution in [-0.4, -0.2) is 66.5 Å². The van der Waals surface area contributed by atoms with Crippen molar-refractivity contribution in [2.24, 2.45) is 5.92 Å². The molecule has 2 fully saturated rings. The smallest absolute Gasteiger partial charge is 0.307 e. The van der Waals surface area contributed by atoms with Gasteiger partial charge in [-0.25, -0.2) is 4.31 Å². The van der Waals surface area contributed by atoms with Crippen LogP contribution in [0.5, 0.6) is 0 Å². The number of nitrogens with zero attached hydrogens (tertiary/aromatic N) is 3. The Morgan fingerprint density at radius 3 is 2.31 bits per heavy atom. The number of amides is 2. The van der Waals surface area contributed by atoms with Crippen LogP contribution < -0.4 is 0 Å². The summed E-state index contributed by atoms with van der Waals surface area (Å²) in [6.45, 7) is 2.50. The monoisotopic (exact) mass is 379 g/mol. The number of hydrogen-bond acceptors (Lipinski definition) is 4. The highest BCUT2D eigenvalue weighted by Gasteiger charge is 2.47. The van der Waals surface area contributed by atoms with Gasteiger partial charge in [-0.2, -0.15) is 12.7 Å². The number of carbonyl (C=O) groups excluding carboxylic acids is 2. The number of benzene rings is 1. The average Bonchev–Trinajstić information content (AvgIpc) is 2.78. The van der Waals surface area contributed by atoms with Gasteiger partial charge < -0.3 is 4.90 Å². The first-order valence-corrected chi connectivity index (χ1v) is 10.3. The van der Waals surface area contributed by atoms with Crippen LogP contribution in [0.15, 0.2) is 30.3 Å². The minimum absolute atomic E-state index is 0.235. The summed E-state index contributed by atoms with van der Waals surface area (Å²) in [5.41, 5.74) is 1.30. The summed E-state index contributed by atoms with van der Waals surface area (Å²) in [5, 5.41) is 0. The van der Waals surface area contributed by atoms with E-state index in [0.29, 0.717) is 19.0 Å². The van der Waals surface area contributed by atoms with Crippen molar-refractivity contribution >= 4 is 22.0 Å². The predicted molar refractivity (Wildman–Crippen MR) is 97.3 cm³/mol. The van der Waals surface area contributed by atoms with Crippen LogP contribution in [0.2, 0.25) is 0 Å². The Morgan fingerprint density at radius 1 is 1.15 bits per heavy atom. The molecular weight excluding hydrogens is 354 g/mol. The van der Waals surface area contributed by atoms with E-state index in [1.807, 2.05) is 18.2 Å². The van der Waals surface area contributed by atoms with Gasteiger partial charge in [-0.15, -0.1) is 0 Å². The molecule has 2 aliphatic heterocycles. The normalized spacial score (nSPS) is 24.2. The lowest BCUT2D eigenvalue weighted by Gasteiger charge is -2.33. The van der Waals surface area contributed by atoms with E-state index in [0.717, 1.165) is 27.9 Å². The highest BCUT2D eigenvalue weighted by molar-refractivity contribution is 7.87. The second kappa shape index (κ2) is 7.36. The zero-order chi connectivity index (χ0) is 18.9. The van der Waals surface area contributed by atoms with Crippen LogP contribution in [-0.2, 0) is 26.2 Å². The molecule has 0 N–H and O–H groups in total. The molecule has 0 radical (unpaired) electrons. The zero-order valence-electron chi connectivity index (χ0n) is 15.2. The molecule has 1 aromatic rings. The molecule has 0 saturated carbocycles. The van der Waals surface area contributed by atoms with Gasteiger partial charge in [0.05, 0.1) is 6.54 Å². The maximum Gasteiger partial charge on any atom is 0.307 e. The van der Waals surface area contributed by atoms with Crippen molar-refractivity contribution in [3.05, 3.63) is 35.9 Å². The molecule has 0 spiro atoms. The first kappa shape index (κ1) is 18.8. The molecule has 142 valence electrons. The van der Waals surface area contributed by atoms with E-state index in [9.17, 15) is 18.0 Å². The van der Waals surface area contributed by atoms with Crippen molar-refractivity contribution in [2.45, 2.75) is 32.2 Å². The first-order chi connectivity index (χ1) is 12.3. The lowest BCUT2D eigenvalue weighted by Crippen LogP contribution is -2.46. The standard InChI is InChI=1S/C18H25N3O4S/c1-14-18(23)19(2)26(24,25)21(14)13-17(22)20-10-8-16(9-11-20)12-15-6-4-3-5-7-15/h3-7,14,16H,8-13H2,1-2H3/t14-/m1/s1. The molecule has 0 aliphatic carbocycles. The molecule has 2 saturated heterocycles. The van der Waals surface area contributed by atoms with E-state index in [2.05, 4.69) is 12.1 Å². The quantitative estimate of drug-likeness (QED) is 0.778. The summed E-state index contributed by atoms with van der Waals surface area (Å²) < 4.78 is 26.2. The van der Waals surface area contributed by atoms with Gasteiger partial charge in [-0.1, -0.05) is 30.3 Å². The Morgan fingerprint density at radius 2 is 1.77 bits per heavy atom. The van der Waals surface area contributed by atoms with Gasteiger partial charge in [0.1, 0.15) is 6.04 Å². The van der Waals surface area contributed by atoms with Crippen LogP contribution in [0, 0.1) is 5.92 Å². The maximum absolute atomic E-state index is 12.6. The third-order valence-corrected chi connectivity index (χ3v) is 7.28. The van der Waals surface area contributed by atoms with E-state index in [1.54, 1.807) is 4.90 Å². The molecule has 8 heteroatoms. The van der Waals surface area contributed by atoms with Gasteiger partial charge in [0.2, 0.25) is 5.91 Å². The Balaban J connectivity index is 1.55. The van der Waals surface area contributed by atoms with Crippen molar-refractivity contribution in [2.75, 3.05) is 26.7 Å². The fraction of sp³-hybridized carbons (Fsp3) is 0.556. The average molecular weight is 379 g/mol. The van der Waals surface area contributed by atoms with Crippen LogP contribution in [0.25, 0.3) is 0 Å². The third-order valence-electron chi connectivity index (χ3n) is 5.37. The van der Waals surface area contributed by atoms with E-state index in [-0.39, 0.29) is 12.5 Å². The maximum atomic E-state index is 12.6. The zero-order valence-corrected chi connectivity index (χ0v) is 16.0. The summed E-state index contributed by atoms with van der Waals surface area (Å²) in [6, 6.07) is 9.47. The molecule has 2 heterocycles. The molecule has 26 heavy (non-hydrogen) atoms. The molecule has 7 nitrogen and oxygen atoms in total.